The first-order chi connectivity index (χ1) is 12.4. The van der Waals surface area contributed by atoms with Gasteiger partial charge in [-0.05, 0) is 36.4 Å². The van der Waals surface area contributed by atoms with Crippen LogP contribution in [-0.2, 0) is 11.2 Å². The number of hydrogen-bond donors (Lipinski definition) is 1. The molecule has 1 N–H and O–H groups in total. The normalized spacial score (nSPS) is 10.5. The number of hydrogen-bond acceptors (Lipinski definition) is 5. The number of nitrogens with one attached hydrogen (secondary N) is 1. The first-order valence-electron chi connectivity index (χ1n) is 7.38. The molecule has 1 amide bonds. The van der Waals surface area contributed by atoms with Crippen molar-refractivity contribution in [3.8, 4) is 11.3 Å². The fourth-order valence-electron chi connectivity index (χ4n) is 2.25. The number of halogens is 2. The molecule has 3 rings (SSSR count). The monoisotopic (exact) mass is 359 g/mol. The van der Waals surface area contributed by atoms with Gasteiger partial charge < -0.3 is 9.84 Å². The third-order valence-electron chi connectivity index (χ3n) is 3.46. The Balaban J connectivity index is 1.68. The molecule has 1 heterocycles. The van der Waals surface area contributed by atoms with Crippen LogP contribution in [0, 0.1) is 21.7 Å². The summed E-state index contributed by atoms with van der Waals surface area (Å²) in [6.45, 7) is 0. The van der Waals surface area contributed by atoms with Crippen LogP contribution in [0.4, 0.5) is 20.2 Å². The maximum Gasteiger partial charge on any atom is 0.306 e. The van der Waals surface area contributed by atoms with E-state index in [1.54, 1.807) is 0 Å². The summed E-state index contributed by atoms with van der Waals surface area (Å²) in [7, 11) is 0. The number of amides is 1. The summed E-state index contributed by atoms with van der Waals surface area (Å²) in [5.41, 5.74) is 0.270. The van der Waals surface area contributed by atoms with Crippen molar-refractivity contribution in [2.45, 2.75) is 6.42 Å². The zero-order valence-electron chi connectivity index (χ0n) is 13.1. The van der Waals surface area contributed by atoms with Crippen molar-refractivity contribution >= 4 is 17.3 Å². The lowest BCUT2D eigenvalue weighted by Crippen LogP contribution is -2.14. The van der Waals surface area contributed by atoms with Crippen molar-refractivity contribution < 1.29 is 23.0 Å². The summed E-state index contributed by atoms with van der Waals surface area (Å²) >= 11 is 0. The van der Waals surface area contributed by atoms with Gasteiger partial charge in [-0.3, -0.25) is 14.9 Å². The lowest BCUT2D eigenvalue weighted by atomic mass is 10.1. The van der Waals surface area contributed by atoms with Gasteiger partial charge in [-0.15, -0.1) is 0 Å². The van der Waals surface area contributed by atoms with E-state index in [9.17, 15) is 23.7 Å². The van der Waals surface area contributed by atoms with E-state index >= 15 is 0 Å². The number of anilines is 1. The molecule has 132 valence electrons. The fourth-order valence-corrected chi connectivity index (χ4v) is 2.25. The van der Waals surface area contributed by atoms with Crippen LogP contribution < -0.4 is 5.32 Å². The van der Waals surface area contributed by atoms with Crippen LogP contribution >= 0.6 is 0 Å². The highest BCUT2D eigenvalue weighted by atomic mass is 19.1. The van der Waals surface area contributed by atoms with Gasteiger partial charge in [0.25, 0.3) is 0 Å². The molecule has 0 radical (unpaired) electrons. The molecule has 0 saturated carbocycles. The first kappa shape index (κ1) is 17.2. The van der Waals surface area contributed by atoms with E-state index in [-0.39, 0.29) is 17.9 Å². The van der Waals surface area contributed by atoms with Crippen LogP contribution in [0.15, 0.2) is 53.1 Å². The molecular formula is C17H11F2N3O4. The first-order valence-corrected chi connectivity index (χ1v) is 7.38. The van der Waals surface area contributed by atoms with Gasteiger partial charge in [0.2, 0.25) is 11.7 Å². The highest BCUT2D eigenvalue weighted by Gasteiger charge is 2.16. The zero-order chi connectivity index (χ0) is 18.7. The van der Waals surface area contributed by atoms with Crippen LogP contribution in [0.5, 0.6) is 0 Å². The van der Waals surface area contributed by atoms with Gasteiger partial charge in [0.05, 0.1) is 17.0 Å². The minimum Gasteiger partial charge on any atom is -0.356 e. The van der Waals surface area contributed by atoms with Crippen LogP contribution in [0.2, 0.25) is 0 Å². The third-order valence-corrected chi connectivity index (χ3v) is 3.46. The van der Waals surface area contributed by atoms with E-state index < -0.39 is 22.3 Å². The minimum atomic E-state index is -0.992. The smallest absolute Gasteiger partial charge is 0.306 e. The lowest BCUT2D eigenvalue weighted by Gasteiger charge is -2.04. The second-order valence-corrected chi connectivity index (χ2v) is 5.34. The van der Waals surface area contributed by atoms with Crippen LogP contribution in [0.25, 0.3) is 11.3 Å². The summed E-state index contributed by atoms with van der Waals surface area (Å²) in [6.07, 6.45) is -0.157. The number of nitro groups is 1. The van der Waals surface area contributed by atoms with E-state index in [4.69, 9.17) is 4.52 Å². The molecule has 3 aromatic rings. The fraction of sp³-hybridized carbons (Fsp3) is 0.0588. The molecule has 0 atom stereocenters. The highest BCUT2D eigenvalue weighted by molar-refractivity contribution is 5.92. The van der Waals surface area contributed by atoms with Crippen LogP contribution in [-0.4, -0.2) is 16.0 Å². The molecule has 0 bridgehead atoms. The Hall–Kier alpha value is -3.62. The molecule has 7 nitrogen and oxygen atoms in total. The second kappa shape index (κ2) is 7.09. The van der Waals surface area contributed by atoms with E-state index in [1.165, 1.54) is 36.4 Å². The molecule has 0 fully saturated rings. The van der Waals surface area contributed by atoms with Crippen molar-refractivity contribution in [3.63, 3.8) is 0 Å². The Morgan fingerprint density at radius 3 is 2.58 bits per heavy atom. The van der Waals surface area contributed by atoms with Crippen molar-refractivity contribution in [1.29, 1.82) is 0 Å². The summed E-state index contributed by atoms with van der Waals surface area (Å²) in [6, 6.07) is 10.1. The number of aromatic nitrogens is 1. The predicted octanol–water partition coefficient (Wildman–Crippen LogP) is 3.71. The molecule has 1 aromatic heterocycles. The Labute approximate surface area is 145 Å². The Bertz CT molecular complexity index is 970. The summed E-state index contributed by atoms with van der Waals surface area (Å²) in [4.78, 5) is 21.9. The largest absolute Gasteiger partial charge is 0.356 e. The second-order valence-electron chi connectivity index (χ2n) is 5.34. The maximum atomic E-state index is 13.3. The van der Waals surface area contributed by atoms with Crippen molar-refractivity contribution in [2.75, 3.05) is 5.32 Å². The van der Waals surface area contributed by atoms with Crippen LogP contribution in [0.3, 0.4) is 0 Å². The highest BCUT2D eigenvalue weighted by Crippen LogP contribution is 2.23. The number of nitro benzene ring substituents is 1. The average Bonchev–Trinajstić information content (AvgIpc) is 3.05. The lowest BCUT2D eigenvalue weighted by molar-refractivity contribution is -0.387. The van der Waals surface area contributed by atoms with Crippen molar-refractivity contribution in [1.82, 2.24) is 5.16 Å². The van der Waals surface area contributed by atoms with Gasteiger partial charge >= 0.3 is 5.69 Å². The molecule has 0 aliphatic rings. The summed E-state index contributed by atoms with van der Waals surface area (Å²) < 4.78 is 31.3. The predicted molar refractivity (Wildman–Crippen MR) is 87.3 cm³/mol. The van der Waals surface area contributed by atoms with Gasteiger partial charge in [-0.1, -0.05) is 5.16 Å². The summed E-state index contributed by atoms with van der Waals surface area (Å²) in [5, 5.41) is 16.9. The zero-order valence-corrected chi connectivity index (χ0v) is 13.1. The van der Waals surface area contributed by atoms with Gasteiger partial charge in [0, 0.05) is 23.4 Å². The van der Waals surface area contributed by atoms with Crippen molar-refractivity contribution in [2.24, 2.45) is 0 Å². The minimum absolute atomic E-state index is 0.0883. The Morgan fingerprint density at radius 2 is 1.88 bits per heavy atom. The number of rotatable bonds is 5. The Kier molecular flexibility index (Phi) is 4.70. The van der Waals surface area contributed by atoms with Crippen molar-refractivity contribution in [3.05, 3.63) is 76.0 Å². The van der Waals surface area contributed by atoms with E-state index in [1.807, 2.05) is 0 Å². The number of carbonyl (C=O) groups is 1. The van der Waals surface area contributed by atoms with E-state index in [0.29, 0.717) is 17.0 Å². The Morgan fingerprint density at radius 1 is 1.15 bits per heavy atom. The SMILES string of the molecule is O=C(Cc1cc(-c2ccc(F)cc2)on1)Nc1ccc(F)c([N+](=O)[O-])c1. The van der Waals surface area contributed by atoms with Gasteiger partial charge in [-0.25, -0.2) is 4.39 Å². The van der Waals surface area contributed by atoms with Gasteiger partial charge in [-0.2, -0.15) is 4.39 Å². The quantitative estimate of drug-likeness (QED) is 0.553. The van der Waals surface area contributed by atoms with E-state index in [0.717, 1.165) is 12.1 Å². The average molecular weight is 359 g/mol. The van der Waals surface area contributed by atoms with Crippen LogP contribution in [0.1, 0.15) is 5.69 Å². The van der Waals surface area contributed by atoms with E-state index in [2.05, 4.69) is 10.5 Å². The van der Waals surface area contributed by atoms with Gasteiger partial charge in [0.15, 0.2) is 5.76 Å². The maximum absolute atomic E-state index is 13.3. The standard InChI is InChI=1S/C17H11F2N3O4/c18-11-3-1-10(2-4-11)16-8-13(21-26-16)9-17(23)20-12-5-6-14(19)15(7-12)22(24)25/h1-8H,9H2,(H,20,23). The number of carbonyl (C=O) groups excluding carboxylic acids is 1. The molecule has 0 aliphatic heterocycles. The molecule has 9 heteroatoms. The molecular weight excluding hydrogens is 348 g/mol. The molecule has 26 heavy (non-hydrogen) atoms. The molecule has 0 saturated heterocycles. The molecule has 0 aliphatic carbocycles. The number of nitrogens with zero attached hydrogens (tertiary/aromatic N) is 2. The van der Waals surface area contributed by atoms with Gasteiger partial charge in [0.1, 0.15) is 5.82 Å². The molecule has 0 spiro atoms. The molecule has 0 unspecified atom stereocenters. The third kappa shape index (κ3) is 3.89. The number of benzene rings is 2. The molecule has 2 aromatic carbocycles. The summed E-state index contributed by atoms with van der Waals surface area (Å²) in [5.74, 6) is -1.52. The topological polar surface area (TPSA) is 98.3 Å².